The first-order valence-corrected chi connectivity index (χ1v) is 12.0. The summed E-state index contributed by atoms with van der Waals surface area (Å²) in [6.45, 7) is 8.48. The summed E-state index contributed by atoms with van der Waals surface area (Å²) in [6, 6.07) is 19.3. The van der Waals surface area contributed by atoms with Crippen LogP contribution >= 0.6 is 0 Å². The predicted molar refractivity (Wildman–Crippen MR) is 133 cm³/mol. The SMILES string of the molecule is CCCCCCCc1cc(C(C)NC(=O)c2cc(CC)ccc2C)c2ccccc2c1. The highest BCUT2D eigenvalue weighted by molar-refractivity contribution is 5.96. The first kappa shape index (κ1) is 23.1. The summed E-state index contributed by atoms with van der Waals surface area (Å²) in [5.41, 5.74) is 5.57. The van der Waals surface area contributed by atoms with Crippen molar-refractivity contribution in [1.82, 2.24) is 5.32 Å². The second-order valence-corrected chi connectivity index (χ2v) is 8.77. The molecule has 0 saturated carbocycles. The molecule has 1 N–H and O–H groups in total. The molecule has 1 atom stereocenters. The second kappa shape index (κ2) is 11.1. The lowest BCUT2D eigenvalue weighted by Gasteiger charge is -2.19. The lowest BCUT2D eigenvalue weighted by molar-refractivity contribution is 0.0939. The van der Waals surface area contributed by atoms with Crippen LogP contribution in [0.2, 0.25) is 0 Å². The summed E-state index contributed by atoms with van der Waals surface area (Å²) in [5.74, 6) is 0.00866. The van der Waals surface area contributed by atoms with Gasteiger partial charge in [-0.05, 0) is 72.2 Å². The summed E-state index contributed by atoms with van der Waals surface area (Å²) in [7, 11) is 0. The molecule has 0 saturated heterocycles. The second-order valence-electron chi connectivity index (χ2n) is 8.77. The van der Waals surface area contributed by atoms with E-state index in [4.69, 9.17) is 0 Å². The molecule has 0 aliphatic carbocycles. The van der Waals surface area contributed by atoms with Crippen molar-refractivity contribution in [2.45, 2.75) is 78.7 Å². The zero-order valence-corrected chi connectivity index (χ0v) is 19.6. The van der Waals surface area contributed by atoms with Crippen molar-refractivity contribution in [1.29, 1.82) is 0 Å². The monoisotopic (exact) mass is 415 g/mol. The van der Waals surface area contributed by atoms with Crippen molar-refractivity contribution in [2.75, 3.05) is 0 Å². The topological polar surface area (TPSA) is 29.1 Å². The molecule has 1 unspecified atom stereocenters. The summed E-state index contributed by atoms with van der Waals surface area (Å²) >= 11 is 0. The number of hydrogen-bond donors (Lipinski definition) is 1. The number of hydrogen-bond acceptors (Lipinski definition) is 1. The van der Waals surface area contributed by atoms with Crippen molar-refractivity contribution >= 4 is 16.7 Å². The minimum absolute atomic E-state index is 0.00866. The Morgan fingerprint density at radius 3 is 2.45 bits per heavy atom. The molecule has 3 aromatic rings. The van der Waals surface area contributed by atoms with Gasteiger partial charge >= 0.3 is 0 Å². The fraction of sp³-hybridized carbons (Fsp3) is 0.414. The summed E-state index contributed by atoms with van der Waals surface area (Å²) in [5, 5.41) is 5.75. The van der Waals surface area contributed by atoms with Gasteiger partial charge in [-0.2, -0.15) is 0 Å². The molecule has 0 heterocycles. The van der Waals surface area contributed by atoms with E-state index in [1.165, 1.54) is 59.6 Å². The highest BCUT2D eigenvalue weighted by Crippen LogP contribution is 2.28. The molecule has 0 radical (unpaired) electrons. The molecule has 0 aliphatic rings. The Morgan fingerprint density at radius 1 is 0.903 bits per heavy atom. The molecule has 2 nitrogen and oxygen atoms in total. The molecule has 3 rings (SSSR count). The van der Waals surface area contributed by atoms with Crippen molar-refractivity contribution in [2.24, 2.45) is 0 Å². The highest BCUT2D eigenvalue weighted by Gasteiger charge is 2.16. The van der Waals surface area contributed by atoms with Crippen LogP contribution in [0.5, 0.6) is 0 Å². The smallest absolute Gasteiger partial charge is 0.252 e. The Morgan fingerprint density at radius 2 is 1.68 bits per heavy atom. The molecular weight excluding hydrogens is 378 g/mol. The highest BCUT2D eigenvalue weighted by atomic mass is 16.1. The van der Waals surface area contributed by atoms with Gasteiger partial charge in [-0.15, -0.1) is 0 Å². The van der Waals surface area contributed by atoms with Crippen LogP contribution in [-0.4, -0.2) is 5.91 Å². The Balaban J connectivity index is 1.82. The van der Waals surface area contributed by atoms with E-state index in [-0.39, 0.29) is 11.9 Å². The van der Waals surface area contributed by atoms with Gasteiger partial charge in [-0.25, -0.2) is 0 Å². The Labute approximate surface area is 188 Å². The molecule has 0 fully saturated rings. The maximum absolute atomic E-state index is 13.1. The number of carbonyl (C=O) groups is 1. The van der Waals surface area contributed by atoms with Gasteiger partial charge in [-0.1, -0.05) is 88.1 Å². The van der Waals surface area contributed by atoms with Gasteiger partial charge in [-0.3, -0.25) is 4.79 Å². The lowest BCUT2D eigenvalue weighted by atomic mass is 9.94. The predicted octanol–water partition coefficient (Wildman–Crippen LogP) is 7.71. The molecule has 1 amide bonds. The molecule has 0 bridgehead atoms. The van der Waals surface area contributed by atoms with Crippen LogP contribution in [0.1, 0.15) is 91.5 Å². The Kier molecular flexibility index (Phi) is 8.28. The van der Waals surface area contributed by atoms with Gasteiger partial charge < -0.3 is 5.32 Å². The van der Waals surface area contributed by atoms with Crippen LogP contribution in [0, 0.1) is 6.92 Å². The maximum Gasteiger partial charge on any atom is 0.252 e. The average molecular weight is 416 g/mol. The van der Waals surface area contributed by atoms with E-state index in [9.17, 15) is 4.79 Å². The number of amides is 1. The zero-order chi connectivity index (χ0) is 22.2. The molecule has 0 spiro atoms. The van der Waals surface area contributed by atoms with Gasteiger partial charge in [0.1, 0.15) is 0 Å². The molecular formula is C29H37NO. The number of aryl methyl sites for hydroxylation is 3. The first-order chi connectivity index (χ1) is 15.0. The average Bonchev–Trinajstić information content (AvgIpc) is 2.78. The van der Waals surface area contributed by atoms with Crippen molar-refractivity contribution in [3.63, 3.8) is 0 Å². The van der Waals surface area contributed by atoms with Crippen LogP contribution in [0.3, 0.4) is 0 Å². The molecule has 3 aromatic carbocycles. The maximum atomic E-state index is 13.1. The van der Waals surface area contributed by atoms with Gasteiger partial charge in [0.05, 0.1) is 6.04 Å². The van der Waals surface area contributed by atoms with Gasteiger partial charge in [0.25, 0.3) is 5.91 Å². The van der Waals surface area contributed by atoms with Gasteiger partial charge in [0.15, 0.2) is 0 Å². The van der Waals surface area contributed by atoms with Crippen LogP contribution in [0.4, 0.5) is 0 Å². The lowest BCUT2D eigenvalue weighted by Crippen LogP contribution is -2.27. The number of rotatable bonds is 10. The fourth-order valence-electron chi connectivity index (χ4n) is 4.33. The van der Waals surface area contributed by atoms with E-state index in [2.05, 4.69) is 68.6 Å². The first-order valence-electron chi connectivity index (χ1n) is 12.0. The third-order valence-electron chi connectivity index (χ3n) is 6.29. The van der Waals surface area contributed by atoms with E-state index in [0.29, 0.717) is 0 Å². The number of unbranched alkanes of at least 4 members (excludes halogenated alkanes) is 4. The van der Waals surface area contributed by atoms with E-state index in [1.54, 1.807) is 0 Å². The van der Waals surface area contributed by atoms with Crippen molar-refractivity contribution in [3.05, 3.63) is 82.4 Å². The molecule has 164 valence electrons. The minimum Gasteiger partial charge on any atom is -0.345 e. The van der Waals surface area contributed by atoms with Crippen LogP contribution in [0.25, 0.3) is 10.8 Å². The van der Waals surface area contributed by atoms with E-state index in [0.717, 1.165) is 24.0 Å². The number of nitrogens with one attached hydrogen (secondary N) is 1. The summed E-state index contributed by atoms with van der Waals surface area (Å²) in [4.78, 5) is 13.1. The van der Waals surface area contributed by atoms with E-state index in [1.807, 2.05) is 19.1 Å². The third-order valence-corrected chi connectivity index (χ3v) is 6.29. The molecule has 0 aliphatic heterocycles. The minimum atomic E-state index is -0.0536. The summed E-state index contributed by atoms with van der Waals surface area (Å²) in [6.07, 6.45) is 8.46. The zero-order valence-electron chi connectivity index (χ0n) is 19.6. The van der Waals surface area contributed by atoms with Gasteiger partial charge in [0.2, 0.25) is 0 Å². The fourth-order valence-corrected chi connectivity index (χ4v) is 4.33. The normalized spacial score (nSPS) is 12.1. The van der Waals surface area contributed by atoms with E-state index >= 15 is 0 Å². The van der Waals surface area contributed by atoms with Crippen molar-refractivity contribution < 1.29 is 4.79 Å². The molecule has 0 aromatic heterocycles. The van der Waals surface area contributed by atoms with E-state index < -0.39 is 0 Å². The standard InChI is InChI=1S/C29H37NO/c1-5-7-8-9-10-13-24-18-25-14-11-12-15-26(25)28(20-24)22(4)30-29(31)27-19-23(6-2)17-16-21(27)3/h11-12,14-20,22H,5-10,13H2,1-4H3,(H,30,31). The Hall–Kier alpha value is -2.61. The van der Waals surface area contributed by atoms with Crippen LogP contribution < -0.4 is 5.32 Å². The van der Waals surface area contributed by atoms with Gasteiger partial charge in [0, 0.05) is 5.56 Å². The molecule has 31 heavy (non-hydrogen) atoms. The largest absolute Gasteiger partial charge is 0.345 e. The van der Waals surface area contributed by atoms with Crippen LogP contribution in [-0.2, 0) is 12.8 Å². The molecule has 2 heteroatoms. The number of carbonyl (C=O) groups excluding carboxylic acids is 1. The number of fused-ring (bicyclic) bond motifs is 1. The third kappa shape index (κ3) is 5.97. The summed E-state index contributed by atoms with van der Waals surface area (Å²) < 4.78 is 0. The number of benzene rings is 3. The van der Waals surface area contributed by atoms with Crippen LogP contribution in [0.15, 0.2) is 54.6 Å². The van der Waals surface area contributed by atoms with Crippen molar-refractivity contribution in [3.8, 4) is 0 Å². The quantitative estimate of drug-likeness (QED) is 0.337. The Bertz CT molecular complexity index is 1020.